The van der Waals surface area contributed by atoms with Crippen LogP contribution in [-0.2, 0) is 17.8 Å². The maximum atomic E-state index is 13.0. The molecular formula is C25H24N2O4S. The van der Waals surface area contributed by atoms with Crippen molar-refractivity contribution in [1.29, 1.82) is 0 Å². The molecule has 1 unspecified atom stereocenters. The van der Waals surface area contributed by atoms with Crippen molar-refractivity contribution in [2.45, 2.75) is 18.4 Å². The summed E-state index contributed by atoms with van der Waals surface area (Å²) in [5.41, 5.74) is 3.89. The normalized spacial score (nSPS) is 13.3. The third kappa shape index (κ3) is 4.89. The average molecular weight is 449 g/mol. The van der Waals surface area contributed by atoms with Crippen LogP contribution in [0.15, 0.2) is 72.8 Å². The van der Waals surface area contributed by atoms with Gasteiger partial charge in [0.2, 0.25) is 0 Å². The summed E-state index contributed by atoms with van der Waals surface area (Å²) in [6.07, 6.45) is 2.73. The van der Waals surface area contributed by atoms with Crippen molar-refractivity contribution in [3.8, 4) is 5.75 Å². The second-order valence-electron chi connectivity index (χ2n) is 7.47. The molecule has 0 aliphatic carbocycles. The van der Waals surface area contributed by atoms with Gasteiger partial charge in [0.05, 0.1) is 5.56 Å². The lowest BCUT2D eigenvalue weighted by Crippen LogP contribution is -2.41. The monoisotopic (exact) mass is 448 g/mol. The second-order valence-corrected chi connectivity index (χ2v) is 8.39. The van der Waals surface area contributed by atoms with Crippen molar-refractivity contribution >= 4 is 35.0 Å². The molecule has 3 aromatic rings. The molecule has 1 aliphatic rings. The predicted octanol–water partition coefficient (Wildman–Crippen LogP) is 4.65. The molecule has 1 aliphatic heterocycles. The molecule has 7 heteroatoms. The van der Waals surface area contributed by atoms with E-state index >= 15 is 0 Å². The Bertz CT molecular complexity index is 1120. The van der Waals surface area contributed by atoms with E-state index in [0.29, 0.717) is 12.3 Å². The van der Waals surface area contributed by atoms with Crippen molar-refractivity contribution in [2.24, 2.45) is 0 Å². The van der Waals surface area contributed by atoms with Gasteiger partial charge in [0.1, 0.15) is 12.4 Å². The molecule has 0 aromatic heterocycles. The lowest BCUT2D eigenvalue weighted by Gasteiger charge is -2.28. The number of benzene rings is 3. The average Bonchev–Trinajstić information content (AvgIpc) is 3.22. The van der Waals surface area contributed by atoms with E-state index in [-0.39, 0.29) is 11.5 Å². The Morgan fingerprint density at radius 3 is 2.66 bits per heavy atom. The third-order valence-corrected chi connectivity index (χ3v) is 6.25. The topological polar surface area (TPSA) is 78.9 Å². The summed E-state index contributed by atoms with van der Waals surface area (Å²) >= 11 is 1.45. The van der Waals surface area contributed by atoms with E-state index in [4.69, 9.17) is 4.74 Å². The van der Waals surface area contributed by atoms with E-state index in [1.807, 2.05) is 54.8 Å². The van der Waals surface area contributed by atoms with E-state index in [0.717, 1.165) is 35.5 Å². The van der Waals surface area contributed by atoms with Crippen LogP contribution in [-0.4, -0.2) is 35.2 Å². The molecule has 6 nitrogen and oxygen atoms in total. The van der Waals surface area contributed by atoms with Crippen LogP contribution in [0.4, 0.5) is 11.4 Å². The summed E-state index contributed by atoms with van der Waals surface area (Å²) in [6.45, 7) is 1.24. The van der Waals surface area contributed by atoms with Gasteiger partial charge in [-0.3, -0.25) is 4.79 Å². The van der Waals surface area contributed by atoms with E-state index in [2.05, 4.69) is 10.2 Å². The van der Waals surface area contributed by atoms with Gasteiger partial charge in [-0.15, -0.1) is 11.8 Å². The number of ether oxygens (including phenoxy) is 1. The van der Waals surface area contributed by atoms with Crippen molar-refractivity contribution in [1.82, 2.24) is 0 Å². The molecule has 164 valence electrons. The predicted molar refractivity (Wildman–Crippen MR) is 128 cm³/mol. The van der Waals surface area contributed by atoms with Gasteiger partial charge < -0.3 is 20.1 Å². The number of amides is 1. The number of carboxylic acid groups (broad SMARTS) is 1. The Morgan fingerprint density at radius 1 is 1.09 bits per heavy atom. The summed E-state index contributed by atoms with van der Waals surface area (Å²) in [5.74, 6) is -0.399. The molecule has 0 radical (unpaired) electrons. The van der Waals surface area contributed by atoms with E-state index in [1.165, 1.54) is 23.9 Å². The molecular weight excluding hydrogens is 424 g/mol. The highest BCUT2D eigenvalue weighted by atomic mass is 32.2. The second kappa shape index (κ2) is 9.78. The van der Waals surface area contributed by atoms with Gasteiger partial charge in [-0.2, -0.15) is 0 Å². The fourth-order valence-electron chi connectivity index (χ4n) is 3.79. The lowest BCUT2D eigenvalue weighted by molar-refractivity contribution is -0.115. The number of nitrogens with one attached hydrogen (secondary N) is 1. The summed E-state index contributed by atoms with van der Waals surface area (Å²) in [6, 6.07) is 22.3. The van der Waals surface area contributed by atoms with E-state index in [9.17, 15) is 14.7 Å². The van der Waals surface area contributed by atoms with Crippen molar-refractivity contribution in [3.63, 3.8) is 0 Å². The molecule has 2 N–H and O–H groups in total. The van der Waals surface area contributed by atoms with Crippen LogP contribution < -0.4 is 15.0 Å². The summed E-state index contributed by atoms with van der Waals surface area (Å²) in [7, 11) is 0. The van der Waals surface area contributed by atoms with E-state index in [1.54, 1.807) is 12.1 Å². The van der Waals surface area contributed by atoms with Crippen LogP contribution in [0, 0.1) is 0 Å². The highest BCUT2D eigenvalue weighted by Gasteiger charge is 2.31. The first kappa shape index (κ1) is 21.8. The number of anilines is 2. The van der Waals surface area contributed by atoms with Crippen LogP contribution in [0.5, 0.6) is 5.75 Å². The van der Waals surface area contributed by atoms with Gasteiger partial charge in [-0.25, -0.2) is 4.79 Å². The smallest absolute Gasteiger partial charge is 0.335 e. The number of hydrogen-bond acceptors (Lipinski definition) is 5. The number of carbonyl (C=O) groups is 2. The number of carboxylic acids is 1. The number of carbonyl (C=O) groups excluding carboxylic acids is 1. The van der Waals surface area contributed by atoms with Crippen LogP contribution >= 0.6 is 11.8 Å². The largest absolute Gasteiger partial charge is 0.489 e. The van der Waals surface area contributed by atoms with Gasteiger partial charge >= 0.3 is 5.97 Å². The molecule has 0 saturated carbocycles. The number of rotatable bonds is 8. The first-order valence-electron chi connectivity index (χ1n) is 10.3. The first-order chi connectivity index (χ1) is 15.5. The Hall–Kier alpha value is -3.45. The zero-order valence-corrected chi connectivity index (χ0v) is 18.5. The number of thioether (sulfide) groups is 1. The Balaban J connectivity index is 1.45. The zero-order valence-electron chi connectivity index (χ0n) is 17.7. The lowest BCUT2D eigenvalue weighted by atomic mass is 10.1. The van der Waals surface area contributed by atoms with E-state index < -0.39 is 11.3 Å². The number of aromatic carboxylic acids is 1. The minimum Gasteiger partial charge on any atom is -0.489 e. The molecule has 0 bridgehead atoms. The molecule has 0 saturated heterocycles. The van der Waals surface area contributed by atoms with Gasteiger partial charge in [0.15, 0.2) is 5.37 Å². The molecule has 0 spiro atoms. The van der Waals surface area contributed by atoms with Crippen LogP contribution in [0.2, 0.25) is 0 Å². The molecule has 32 heavy (non-hydrogen) atoms. The van der Waals surface area contributed by atoms with Crippen LogP contribution in [0.3, 0.4) is 0 Å². The summed E-state index contributed by atoms with van der Waals surface area (Å²) in [4.78, 5) is 26.3. The molecule has 1 amide bonds. The maximum Gasteiger partial charge on any atom is 0.335 e. The molecule has 0 fully saturated rings. The van der Waals surface area contributed by atoms with Crippen LogP contribution in [0.1, 0.15) is 21.5 Å². The molecule has 3 aromatic carbocycles. The highest BCUT2D eigenvalue weighted by molar-refractivity contribution is 8.00. The summed E-state index contributed by atoms with van der Waals surface area (Å²) < 4.78 is 5.95. The number of nitrogens with zero attached hydrogens (tertiary/aromatic N) is 1. The van der Waals surface area contributed by atoms with Gasteiger partial charge in [-0.05, 0) is 60.2 Å². The fourth-order valence-corrected chi connectivity index (χ4v) is 4.53. The molecule has 1 atom stereocenters. The Labute approximate surface area is 191 Å². The SMILES string of the molecule is CSC(C(=O)Nc1cccc(C(=O)O)c1)N1CCc2cc(OCc3ccccc3)ccc21. The fraction of sp³-hybridized carbons (Fsp3) is 0.200. The standard InChI is InChI=1S/C25H24N2O4S/c1-32-24(23(28)26-20-9-5-8-19(14-20)25(29)30)27-13-12-18-15-21(10-11-22(18)27)31-16-17-6-3-2-4-7-17/h2-11,14-15,24H,12-13,16H2,1H3,(H,26,28)(H,29,30). The van der Waals surface area contributed by atoms with Gasteiger partial charge in [-0.1, -0.05) is 36.4 Å². The first-order valence-corrected chi connectivity index (χ1v) is 11.6. The van der Waals surface area contributed by atoms with Crippen molar-refractivity contribution < 1.29 is 19.4 Å². The van der Waals surface area contributed by atoms with Crippen molar-refractivity contribution in [2.75, 3.05) is 23.0 Å². The Morgan fingerprint density at radius 2 is 1.91 bits per heavy atom. The molecule has 1 heterocycles. The summed E-state index contributed by atoms with van der Waals surface area (Å²) in [5, 5.41) is 11.6. The van der Waals surface area contributed by atoms with Crippen molar-refractivity contribution in [3.05, 3.63) is 89.5 Å². The minimum absolute atomic E-state index is 0.137. The zero-order chi connectivity index (χ0) is 22.5. The van der Waals surface area contributed by atoms with Gasteiger partial charge in [0, 0.05) is 17.9 Å². The Kier molecular flexibility index (Phi) is 6.66. The third-order valence-electron chi connectivity index (χ3n) is 5.34. The highest BCUT2D eigenvalue weighted by Crippen LogP contribution is 2.35. The molecule has 4 rings (SSSR count). The quantitative estimate of drug-likeness (QED) is 0.522. The minimum atomic E-state index is -1.03. The van der Waals surface area contributed by atoms with Gasteiger partial charge in [0.25, 0.3) is 5.91 Å². The number of hydrogen-bond donors (Lipinski definition) is 2. The van der Waals surface area contributed by atoms with Crippen LogP contribution in [0.25, 0.3) is 0 Å². The maximum absolute atomic E-state index is 13.0. The number of fused-ring (bicyclic) bond motifs is 1.